The van der Waals surface area contributed by atoms with E-state index in [9.17, 15) is 14.7 Å². The third kappa shape index (κ3) is 5.34. The van der Waals surface area contributed by atoms with E-state index >= 15 is 0 Å². The van der Waals surface area contributed by atoms with Crippen LogP contribution in [0.5, 0.6) is 0 Å². The lowest BCUT2D eigenvalue weighted by Crippen LogP contribution is -2.43. The van der Waals surface area contributed by atoms with Gasteiger partial charge in [0.25, 0.3) is 5.56 Å². The number of rotatable bonds is 7. The fourth-order valence-electron chi connectivity index (χ4n) is 2.29. The van der Waals surface area contributed by atoms with E-state index in [0.717, 1.165) is 0 Å². The molecule has 1 aromatic rings. The van der Waals surface area contributed by atoms with Crippen molar-refractivity contribution >= 4 is 5.91 Å². The summed E-state index contributed by atoms with van der Waals surface area (Å²) in [6.07, 6.45) is 1.44. The molecule has 0 saturated heterocycles. The molecule has 1 heterocycles. The van der Waals surface area contributed by atoms with Gasteiger partial charge in [-0.1, -0.05) is 33.8 Å². The molecule has 5 heteroatoms. The molecule has 0 spiro atoms. The Kier molecular flexibility index (Phi) is 6.15. The molecular formula is C16H26N2O3. The molecule has 1 rings (SSSR count). The third-order valence-corrected chi connectivity index (χ3v) is 3.65. The molecule has 1 aromatic heterocycles. The van der Waals surface area contributed by atoms with E-state index < -0.39 is 6.10 Å². The number of hydrogen-bond donors (Lipinski definition) is 2. The quantitative estimate of drug-likeness (QED) is 0.798. The summed E-state index contributed by atoms with van der Waals surface area (Å²) in [4.78, 5) is 23.4. The zero-order chi connectivity index (χ0) is 16.0. The summed E-state index contributed by atoms with van der Waals surface area (Å²) >= 11 is 0. The smallest absolute Gasteiger partial charge is 0.250 e. The van der Waals surface area contributed by atoms with E-state index in [1.165, 1.54) is 10.6 Å². The third-order valence-electron chi connectivity index (χ3n) is 3.65. The molecule has 118 valence electrons. The number of aliphatic hydroxyl groups is 1. The number of nitrogens with zero attached hydrogens (tertiary/aromatic N) is 1. The Labute approximate surface area is 126 Å². The summed E-state index contributed by atoms with van der Waals surface area (Å²) in [7, 11) is 0. The number of amides is 1. The first-order valence-corrected chi connectivity index (χ1v) is 7.34. The standard InChI is InChI=1S/C16H26N2O3/c1-12(2)15(21)16(3,4)11-17-13(19)8-10-18-9-6-5-7-14(18)20/h5-7,9,12,15,21H,8,10-11H2,1-4H3,(H,17,19). The Morgan fingerprint density at radius 1 is 1.38 bits per heavy atom. The van der Waals surface area contributed by atoms with E-state index in [1.54, 1.807) is 18.3 Å². The second-order valence-electron chi connectivity index (χ2n) is 6.44. The number of carbonyl (C=O) groups is 1. The second kappa shape index (κ2) is 7.41. The Balaban J connectivity index is 2.45. The molecule has 0 aliphatic carbocycles. The van der Waals surface area contributed by atoms with Crippen LogP contribution in [-0.2, 0) is 11.3 Å². The number of aromatic nitrogens is 1. The first-order chi connectivity index (χ1) is 9.74. The van der Waals surface area contributed by atoms with Crippen LogP contribution < -0.4 is 10.9 Å². The average molecular weight is 294 g/mol. The Bertz CT molecular complexity index is 520. The van der Waals surface area contributed by atoms with Gasteiger partial charge in [-0.05, 0) is 12.0 Å². The number of aryl methyl sites for hydroxylation is 1. The minimum absolute atomic E-state index is 0.110. The number of pyridine rings is 1. The summed E-state index contributed by atoms with van der Waals surface area (Å²) in [6.45, 7) is 8.54. The molecular weight excluding hydrogens is 268 g/mol. The molecule has 2 N–H and O–H groups in total. The maximum atomic E-state index is 11.9. The van der Waals surface area contributed by atoms with Crippen molar-refractivity contribution < 1.29 is 9.90 Å². The van der Waals surface area contributed by atoms with Crippen LogP contribution in [-0.4, -0.2) is 28.2 Å². The Morgan fingerprint density at radius 2 is 2.05 bits per heavy atom. The van der Waals surface area contributed by atoms with Crippen LogP contribution in [0.1, 0.15) is 34.1 Å². The second-order valence-corrected chi connectivity index (χ2v) is 6.44. The van der Waals surface area contributed by atoms with Crippen molar-refractivity contribution in [1.82, 2.24) is 9.88 Å². The topological polar surface area (TPSA) is 71.3 Å². The molecule has 0 fully saturated rings. The minimum atomic E-state index is -0.477. The highest BCUT2D eigenvalue weighted by Crippen LogP contribution is 2.25. The zero-order valence-electron chi connectivity index (χ0n) is 13.3. The van der Waals surface area contributed by atoms with Crippen LogP contribution in [0.15, 0.2) is 29.2 Å². The maximum absolute atomic E-state index is 11.9. The van der Waals surface area contributed by atoms with Crippen molar-refractivity contribution in [3.63, 3.8) is 0 Å². The lowest BCUT2D eigenvalue weighted by atomic mass is 9.80. The van der Waals surface area contributed by atoms with Crippen molar-refractivity contribution in [3.05, 3.63) is 34.7 Å². The van der Waals surface area contributed by atoms with Crippen LogP contribution in [0.4, 0.5) is 0 Å². The van der Waals surface area contributed by atoms with E-state index in [-0.39, 0.29) is 29.2 Å². The van der Waals surface area contributed by atoms with Gasteiger partial charge in [0.2, 0.25) is 5.91 Å². The van der Waals surface area contributed by atoms with Gasteiger partial charge in [-0.15, -0.1) is 0 Å². The molecule has 1 unspecified atom stereocenters. The highest BCUT2D eigenvalue weighted by molar-refractivity contribution is 5.75. The van der Waals surface area contributed by atoms with Crippen LogP contribution in [0, 0.1) is 11.3 Å². The normalized spacial score (nSPS) is 13.2. The number of aliphatic hydroxyl groups excluding tert-OH is 1. The van der Waals surface area contributed by atoms with Gasteiger partial charge in [0.1, 0.15) is 0 Å². The molecule has 5 nitrogen and oxygen atoms in total. The molecule has 0 bridgehead atoms. The zero-order valence-corrected chi connectivity index (χ0v) is 13.3. The molecule has 1 atom stereocenters. The number of nitrogens with one attached hydrogen (secondary N) is 1. The number of hydrogen-bond acceptors (Lipinski definition) is 3. The summed E-state index contributed by atoms with van der Waals surface area (Å²) in [5.74, 6) is 0.0228. The fraction of sp³-hybridized carbons (Fsp3) is 0.625. The van der Waals surface area contributed by atoms with Crippen LogP contribution >= 0.6 is 0 Å². The fourth-order valence-corrected chi connectivity index (χ4v) is 2.29. The van der Waals surface area contributed by atoms with Gasteiger partial charge >= 0.3 is 0 Å². The summed E-state index contributed by atoms with van der Waals surface area (Å²) in [6, 6.07) is 4.91. The van der Waals surface area contributed by atoms with Crippen LogP contribution in [0.3, 0.4) is 0 Å². The lowest BCUT2D eigenvalue weighted by molar-refractivity contribution is -0.122. The molecule has 0 aliphatic heterocycles. The molecule has 0 aromatic carbocycles. The van der Waals surface area contributed by atoms with E-state index in [0.29, 0.717) is 13.1 Å². The van der Waals surface area contributed by atoms with Crippen molar-refractivity contribution in [2.75, 3.05) is 6.54 Å². The van der Waals surface area contributed by atoms with Crippen molar-refractivity contribution in [3.8, 4) is 0 Å². The largest absolute Gasteiger partial charge is 0.392 e. The maximum Gasteiger partial charge on any atom is 0.250 e. The highest BCUT2D eigenvalue weighted by atomic mass is 16.3. The SMILES string of the molecule is CC(C)C(O)C(C)(C)CNC(=O)CCn1ccccc1=O. The van der Waals surface area contributed by atoms with Gasteiger partial charge in [0, 0.05) is 37.2 Å². The van der Waals surface area contributed by atoms with Gasteiger partial charge in [0.15, 0.2) is 0 Å². The predicted molar refractivity (Wildman–Crippen MR) is 83.0 cm³/mol. The molecule has 0 saturated carbocycles. The van der Waals surface area contributed by atoms with E-state index in [2.05, 4.69) is 5.32 Å². The van der Waals surface area contributed by atoms with Gasteiger partial charge in [-0.2, -0.15) is 0 Å². The molecule has 0 radical (unpaired) electrons. The van der Waals surface area contributed by atoms with Crippen molar-refractivity contribution in [2.24, 2.45) is 11.3 Å². The van der Waals surface area contributed by atoms with Crippen molar-refractivity contribution in [1.29, 1.82) is 0 Å². The predicted octanol–water partition coefficient (Wildman–Crippen LogP) is 1.40. The molecule has 21 heavy (non-hydrogen) atoms. The lowest BCUT2D eigenvalue weighted by Gasteiger charge is -2.33. The highest BCUT2D eigenvalue weighted by Gasteiger charge is 2.30. The Morgan fingerprint density at radius 3 is 2.62 bits per heavy atom. The minimum Gasteiger partial charge on any atom is -0.392 e. The average Bonchev–Trinajstić information content (AvgIpc) is 2.43. The van der Waals surface area contributed by atoms with E-state index in [4.69, 9.17) is 0 Å². The summed E-state index contributed by atoms with van der Waals surface area (Å²) in [5, 5.41) is 12.9. The monoisotopic (exact) mass is 294 g/mol. The van der Waals surface area contributed by atoms with Crippen LogP contribution in [0.2, 0.25) is 0 Å². The molecule has 1 amide bonds. The van der Waals surface area contributed by atoms with Crippen LogP contribution in [0.25, 0.3) is 0 Å². The Hall–Kier alpha value is -1.62. The van der Waals surface area contributed by atoms with E-state index in [1.807, 2.05) is 27.7 Å². The number of carbonyl (C=O) groups excluding carboxylic acids is 1. The first-order valence-electron chi connectivity index (χ1n) is 7.34. The summed E-state index contributed by atoms with van der Waals surface area (Å²) in [5.41, 5.74) is -0.492. The van der Waals surface area contributed by atoms with Gasteiger partial charge < -0.3 is 15.0 Å². The first kappa shape index (κ1) is 17.4. The van der Waals surface area contributed by atoms with Gasteiger partial charge in [-0.25, -0.2) is 0 Å². The van der Waals surface area contributed by atoms with Gasteiger partial charge in [0.05, 0.1) is 6.10 Å². The molecule has 0 aliphatic rings. The summed E-state index contributed by atoms with van der Waals surface area (Å²) < 4.78 is 1.51. The van der Waals surface area contributed by atoms with Gasteiger partial charge in [-0.3, -0.25) is 9.59 Å². The van der Waals surface area contributed by atoms with Crippen molar-refractivity contribution in [2.45, 2.75) is 46.8 Å².